The van der Waals surface area contributed by atoms with Gasteiger partial charge in [-0.1, -0.05) is 6.07 Å². The Labute approximate surface area is 159 Å². The number of nitrogens with one attached hydrogen (secondary N) is 1. The predicted octanol–water partition coefficient (Wildman–Crippen LogP) is 2.22. The normalized spacial score (nSPS) is 18.1. The standard InChI is InChI=1S/C19H23N5O2S/c1-14-7-8-18(17-6-3-9-20-19(14)17)27(25,26)22-15-5-4-10-24(12-15)16-11-21-23(2)13-16/h3,6-9,11,13,15,22H,4-5,10,12H2,1-2H3/t15-/m0/s1. The predicted molar refractivity (Wildman–Crippen MR) is 105 cm³/mol. The summed E-state index contributed by atoms with van der Waals surface area (Å²) in [5, 5.41) is 4.87. The van der Waals surface area contributed by atoms with Crippen LogP contribution in [0, 0.1) is 6.92 Å². The second-order valence-electron chi connectivity index (χ2n) is 7.06. The van der Waals surface area contributed by atoms with Gasteiger partial charge in [0.2, 0.25) is 10.0 Å². The molecule has 3 aromatic rings. The van der Waals surface area contributed by atoms with Gasteiger partial charge in [-0.05, 0) is 43.5 Å². The fraction of sp³-hybridized carbons (Fsp3) is 0.368. The maximum atomic E-state index is 13.1. The van der Waals surface area contributed by atoms with Gasteiger partial charge in [0.25, 0.3) is 0 Å². The number of hydrogen-bond donors (Lipinski definition) is 1. The van der Waals surface area contributed by atoms with Crippen LogP contribution < -0.4 is 9.62 Å². The van der Waals surface area contributed by atoms with Gasteiger partial charge in [0.05, 0.1) is 22.3 Å². The molecule has 1 aromatic carbocycles. The van der Waals surface area contributed by atoms with Crippen molar-refractivity contribution >= 4 is 26.6 Å². The van der Waals surface area contributed by atoms with E-state index in [1.54, 1.807) is 23.0 Å². The van der Waals surface area contributed by atoms with Crippen molar-refractivity contribution in [2.24, 2.45) is 7.05 Å². The van der Waals surface area contributed by atoms with Crippen LogP contribution in [0.2, 0.25) is 0 Å². The fourth-order valence-corrected chi connectivity index (χ4v) is 5.14. The highest BCUT2D eigenvalue weighted by Gasteiger charge is 2.27. The number of sulfonamides is 1. The molecule has 0 aliphatic carbocycles. The van der Waals surface area contributed by atoms with Gasteiger partial charge in [-0.3, -0.25) is 9.67 Å². The average Bonchev–Trinajstić information content (AvgIpc) is 3.08. The van der Waals surface area contributed by atoms with E-state index in [1.165, 1.54) is 0 Å². The van der Waals surface area contributed by atoms with E-state index in [0.717, 1.165) is 36.2 Å². The number of hydrogen-bond acceptors (Lipinski definition) is 5. The van der Waals surface area contributed by atoms with E-state index in [1.807, 2.05) is 38.5 Å². The number of aryl methyl sites for hydroxylation is 2. The van der Waals surface area contributed by atoms with E-state index in [9.17, 15) is 8.42 Å². The lowest BCUT2D eigenvalue weighted by Crippen LogP contribution is -2.47. The molecule has 3 heterocycles. The van der Waals surface area contributed by atoms with Gasteiger partial charge in [-0.25, -0.2) is 13.1 Å². The number of pyridine rings is 1. The minimum Gasteiger partial charge on any atom is -0.367 e. The Morgan fingerprint density at radius 2 is 2.11 bits per heavy atom. The Balaban J connectivity index is 1.59. The maximum Gasteiger partial charge on any atom is 0.241 e. The molecule has 1 aliphatic rings. The van der Waals surface area contributed by atoms with Crippen LogP contribution in [0.25, 0.3) is 10.9 Å². The molecule has 0 saturated carbocycles. The van der Waals surface area contributed by atoms with Gasteiger partial charge in [-0.15, -0.1) is 0 Å². The molecule has 0 radical (unpaired) electrons. The van der Waals surface area contributed by atoms with E-state index < -0.39 is 10.0 Å². The Bertz CT molecular complexity index is 1080. The summed E-state index contributed by atoms with van der Waals surface area (Å²) in [7, 11) is -1.76. The highest BCUT2D eigenvalue weighted by atomic mass is 32.2. The van der Waals surface area contributed by atoms with Crippen LogP contribution in [0.3, 0.4) is 0 Å². The van der Waals surface area contributed by atoms with Crippen molar-refractivity contribution in [3.8, 4) is 0 Å². The molecule has 7 nitrogen and oxygen atoms in total. The number of rotatable bonds is 4. The van der Waals surface area contributed by atoms with Crippen molar-refractivity contribution in [2.75, 3.05) is 18.0 Å². The zero-order chi connectivity index (χ0) is 19.0. The number of piperidine rings is 1. The van der Waals surface area contributed by atoms with Crippen LogP contribution in [0.4, 0.5) is 5.69 Å². The molecule has 2 aromatic heterocycles. The topological polar surface area (TPSA) is 80.1 Å². The minimum atomic E-state index is -3.64. The number of nitrogens with zero attached hydrogens (tertiary/aromatic N) is 4. The molecule has 0 bridgehead atoms. The molecule has 1 atom stereocenters. The van der Waals surface area contributed by atoms with Gasteiger partial charge in [-0.2, -0.15) is 5.10 Å². The minimum absolute atomic E-state index is 0.142. The highest BCUT2D eigenvalue weighted by Crippen LogP contribution is 2.25. The molecule has 4 rings (SSSR count). The molecule has 1 N–H and O–H groups in total. The van der Waals surface area contributed by atoms with Crippen molar-refractivity contribution in [3.05, 3.63) is 48.4 Å². The molecule has 27 heavy (non-hydrogen) atoms. The Kier molecular flexibility index (Phi) is 4.61. The molecule has 8 heteroatoms. The second kappa shape index (κ2) is 6.94. The molecule has 0 unspecified atom stereocenters. The van der Waals surface area contributed by atoms with Crippen LogP contribution in [0.1, 0.15) is 18.4 Å². The Morgan fingerprint density at radius 3 is 2.89 bits per heavy atom. The summed E-state index contributed by atoms with van der Waals surface area (Å²) < 4.78 is 30.9. The molecule has 1 fully saturated rings. The first-order valence-electron chi connectivity index (χ1n) is 9.04. The van der Waals surface area contributed by atoms with E-state index in [4.69, 9.17) is 0 Å². The number of fused-ring (bicyclic) bond motifs is 1. The number of aromatic nitrogens is 3. The zero-order valence-corrected chi connectivity index (χ0v) is 16.3. The van der Waals surface area contributed by atoms with E-state index >= 15 is 0 Å². The summed E-state index contributed by atoms with van der Waals surface area (Å²) in [4.78, 5) is 6.81. The van der Waals surface area contributed by atoms with E-state index in [0.29, 0.717) is 11.9 Å². The van der Waals surface area contributed by atoms with Gasteiger partial charge in [0, 0.05) is 44.0 Å². The third-order valence-corrected chi connectivity index (χ3v) is 6.60. The summed E-state index contributed by atoms with van der Waals surface area (Å²) in [6.07, 6.45) is 7.20. The lowest BCUT2D eigenvalue weighted by Gasteiger charge is -2.33. The van der Waals surface area contributed by atoms with Gasteiger partial charge < -0.3 is 4.90 Å². The van der Waals surface area contributed by atoms with Crippen LogP contribution in [0.15, 0.2) is 47.8 Å². The third-order valence-electron chi connectivity index (χ3n) is 5.02. The number of anilines is 1. The van der Waals surface area contributed by atoms with Gasteiger partial charge in [0.15, 0.2) is 0 Å². The van der Waals surface area contributed by atoms with Crippen molar-refractivity contribution in [1.29, 1.82) is 0 Å². The van der Waals surface area contributed by atoms with Crippen LogP contribution in [-0.2, 0) is 17.1 Å². The molecule has 142 valence electrons. The smallest absolute Gasteiger partial charge is 0.241 e. The highest BCUT2D eigenvalue weighted by molar-refractivity contribution is 7.89. The second-order valence-corrected chi connectivity index (χ2v) is 8.74. The van der Waals surface area contributed by atoms with Gasteiger partial charge >= 0.3 is 0 Å². The quantitative estimate of drug-likeness (QED) is 0.745. The monoisotopic (exact) mass is 385 g/mol. The van der Waals surface area contributed by atoms with Gasteiger partial charge in [0.1, 0.15) is 0 Å². The Morgan fingerprint density at radius 1 is 1.26 bits per heavy atom. The van der Waals surface area contributed by atoms with Crippen molar-refractivity contribution in [3.63, 3.8) is 0 Å². The zero-order valence-electron chi connectivity index (χ0n) is 15.5. The van der Waals surface area contributed by atoms with Crippen LogP contribution in [-0.4, -0.2) is 42.3 Å². The Hall–Kier alpha value is -2.45. The first-order valence-corrected chi connectivity index (χ1v) is 10.5. The first kappa shape index (κ1) is 17.9. The largest absolute Gasteiger partial charge is 0.367 e. The van der Waals surface area contributed by atoms with E-state index in [2.05, 4.69) is 19.7 Å². The fourth-order valence-electron chi connectivity index (χ4n) is 3.68. The van der Waals surface area contributed by atoms with Crippen molar-refractivity contribution in [1.82, 2.24) is 19.5 Å². The van der Waals surface area contributed by atoms with Crippen molar-refractivity contribution < 1.29 is 8.42 Å². The summed E-state index contributed by atoms with van der Waals surface area (Å²) in [5.74, 6) is 0. The third kappa shape index (κ3) is 3.54. The average molecular weight is 385 g/mol. The molecular formula is C19H23N5O2S. The lowest BCUT2D eigenvalue weighted by molar-refractivity contribution is 0.466. The lowest BCUT2D eigenvalue weighted by atomic mass is 10.1. The summed E-state index contributed by atoms with van der Waals surface area (Å²) in [6, 6.07) is 6.92. The molecule has 0 spiro atoms. The number of benzene rings is 1. The summed E-state index contributed by atoms with van der Waals surface area (Å²) in [5.41, 5.74) is 2.71. The van der Waals surface area contributed by atoms with Crippen LogP contribution in [0.5, 0.6) is 0 Å². The van der Waals surface area contributed by atoms with Crippen LogP contribution >= 0.6 is 0 Å². The first-order chi connectivity index (χ1) is 12.9. The maximum absolute atomic E-state index is 13.1. The molecule has 0 amide bonds. The summed E-state index contributed by atoms with van der Waals surface area (Å²) >= 11 is 0. The summed E-state index contributed by atoms with van der Waals surface area (Å²) in [6.45, 7) is 3.47. The molecule has 1 aliphatic heterocycles. The molecule has 1 saturated heterocycles. The van der Waals surface area contributed by atoms with E-state index in [-0.39, 0.29) is 10.9 Å². The SMILES string of the molecule is Cc1ccc(S(=O)(=O)N[C@H]2CCCN(c3cnn(C)c3)C2)c2cccnc12. The van der Waals surface area contributed by atoms with Crippen molar-refractivity contribution in [2.45, 2.75) is 30.7 Å². The molecular weight excluding hydrogens is 362 g/mol.